The Morgan fingerprint density at radius 3 is 2.70 bits per heavy atom. The molecule has 0 saturated heterocycles. The zero-order valence-corrected chi connectivity index (χ0v) is 13.0. The lowest BCUT2D eigenvalue weighted by Crippen LogP contribution is -2.39. The van der Waals surface area contributed by atoms with Gasteiger partial charge in [-0.2, -0.15) is 0 Å². The Bertz CT molecular complexity index is 490. The molecule has 2 N–H and O–H groups in total. The second kappa shape index (κ2) is 5.57. The highest BCUT2D eigenvalue weighted by Crippen LogP contribution is 2.34. The predicted molar refractivity (Wildman–Crippen MR) is 83.6 cm³/mol. The van der Waals surface area contributed by atoms with Gasteiger partial charge >= 0.3 is 0 Å². The average Bonchev–Trinajstić information content (AvgIpc) is 2.38. The summed E-state index contributed by atoms with van der Waals surface area (Å²) in [6.45, 7) is 9.44. The van der Waals surface area contributed by atoms with Crippen LogP contribution >= 0.6 is 0 Å². The molecule has 0 saturated carbocycles. The molecule has 110 valence electrons. The number of amides is 1. The van der Waals surface area contributed by atoms with E-state index in [0.29, 0.717) is 12.3 Å². The van der Waals surface area contributed by atoms with E-state index in [2.05, 4.69) is 27.7 Å². The minimum absolute atomic E-state index is 0.0512. The third-order valence-electron chi connectivity index (χ3n) is 4.55. The lowest BCUT2D eigenvalue weighted by atomic mass is 9.80. The number of benzene rings is 1. The maximum Gasteiger partial charge on any atom is 0.227 e. The van der Waals surface area contributed by atoms with Crippen LogP contribution < -0.4 is 10.6 Å². The van der Waals surface area contributed by atoms with E-state index in [9.17, 15) is 4.79 Å². The lowest BCUT2D eigenvalue weighted by Gasteiger charge is -2.35. The van der Waals surface area contributed by atoms with Crippen LogP contribution in [0.4, 0.5) is 5.69 Å². The Morgan fingerprint density at radius 1 is 1.40 bits per heavy atom. The zero-order chi connectivity index (χ0) is 14.9. The van der Waals surface area contributed by atoms with Crippen LogP contribution in [-0.4, -0.2) is 12.5 Å². The molecule has 0 aromatic heterocycles. The van der Waals surface area contributed by atoms with Crippen LogP contribution in [0.5, 0.6) is 0 Å². The lowest BCUT2D eigenvalue weighted by molar-refractivity contribution is -0.120. The van der Waals surface area contributed by atoms with Gasteiger partial charge in [-0.15, -0.1) is 0 Å². The standard InChI is InChI=1S/C17H26N2O/c1-12(17(2,3)4)11-16(20)19-10-9-14(18)13-7-5-6-8-15(13)19/h5-8,12,14H,9-11,18H2,1-4H3. The van der Waals surface area contributed by atoms with Crippen molar-refractivity contribution in [3.8, 4) is 0 Å². The van der Waals surface area contributed by atoms with Crippen molar-refractivity contribution in [3.05, 3.63) is 29.8 Å². The Balaban J connectivity index is 2.18. The third-order valence-corrected chi connectivity index (χ3v) is 4.55. The van der Waals surface area contributed by atoms with Crippen LogP contribution in [0.1, 0.15) is 52.1 Å². The number of nitrogens with two attached hydrogens (primary N) is 1. The topological polar surface area (TPSA) is 46.3 Å². The number of carbonyl (C=O) groups excluding carboxylic acids is 1. The molecule has 0 aliphatic carbocycles. The maximum atomic E-state index is 12.6. The summed E-state index contributed by atoms with van der Waals surface area (Å²) in [5, 5.41) is 0. The molecule has 2 rings (SSSR count). The number of nitrogens with zero attached hydrogens (tertiary/aromatic N) is 1. The zero-order valence-electron chi connectivity index (χ0n) is 13.0. The summed E-state index contributed by atoms with van der Waals surface area (Å²) in [5.41, 5.74) is 8.39. The average molecular weight is 274 g/mol. The first-order valence-corrected chi connectivity index (χ1v) is 7.45. The van der Waals surface area contributed by atoms with E-state index in [1.54, 1.807) is 0 Å². The maximum absolute atomic E-state index is 12.6. The fourth-order valence-corrected chi connectivity index (χ4v) is 2.53. The second-order valence-electron chi connectivity index (χ2n) is 6.97. The summed E-state index contributed by atoms with van der Waals surface area (Å²) < 4.78 is 0. The monoisotopic (exact) mass is 274 g/mol. The molecule has 1 amide bonds. The molecule has 1 heterocycles. The Morgan fingerprint density at radius 2 is 2.05 bits per heavy atom. The third kappa shape index (κ3) is 3.04. The van der Waals surface area contributed by atoms with E-state index < -0.39 is 0 Å². The van der Waals surface area contributed by atoms with Crippen molar-refractivity contribution in [1.29, 1.82) is 0 Å². The molecular formula is C17H26N2O. The second-order valence-corrected chi connectivity index (χ2v) is 6.97. The Labute approximate surface area is 122 Å². The SMILES string of the molecule is CC(CC(=O)N1CCC(N)c2ccccc21)C(C)(C)C. The molecule has 0 radical (unpaired) electrons. The van der Waals surface area contributed by atoms with Gasteiger partial charge in [0.25, 0.3) is 0 Å². The van der Waals surface area contributed by atoms with Gasteiger partial charge in [-0.3, -0.25) is 4.79 Å². The van der Waals surface area contributed by atoms with Gasteiger partial charge in [0, 0.05) is 24.7 Å². The largest absolute Gasteiger partial charge is 0.324 e. The van der Waals surface area contributed by atoms with Crippen LogP contribution in [0.3, 0.4) is 0 Å². The van der Waals surface area contributed by atoms with E-state index in [-0.39, 0.29) is 17.4 Å². The van der Waals surface area contributed by atoms with Crippen molar-refractivity contribution in [3.63, 3.8) is 0 Å². The first-order chi connectivity index (χ1) is 9.30. The number of hydrogen-bond donors (Lipinski definition) is 1. The van der Waals surface area contributed by atoms with Gasteiger partial charge in [-0.25, -0.2) is 0 Å². The van der Waals surface area contributed by atoms with Crippen molar-refractivity contribution in [1.82, 2.24) is 0 Å². The first kappa shape index (κ1) is 15.0. The van der Waals surface area contributed by atoms with Gasteiger partial charge < -0.3 is 10.6 Å². The number of para-hydroxylation sites is 1. The van der Waals surface area contributed by atoms with E-state index in [4.69, 9.17) is 5.73 Å². The van der Waals surface area contributed by atoms with Crippen LogP contribution in [-0.2, 0) is 4.79 Å². The molecule has 0 fully saturated rings. The normalized spacial score (nSPS) is 20.4. The van der Waals surface area contributed by atoms with E-state index in [1.807, 2.05) is 29.2 Å². The van der Waals surface area contributed by atoms with Crippen molar-refractivity contribution in [2.75, 3.05) is 11.4 Å². The quantitative estimate of drug-likeness (QED) is 0.897. The highest BCUT2D eigenvalue weighted by Gasteiger charge is 2.29. The van der Waals surface area contributed by atoms with Crippen LogP contribution in [0.25, 0.3) is 0 Å². The van der Waals surface area contributed by atoms with Crippen LogP contribution in [0.15, 0.2) is 24.3 Å². The summed E-state index contributed by atoms with van der Waals surface area (Å²) in [4.78, 5) is 14.5. The summed E-state index contributed by atoms with van der Waals surface area (Å²) in [6, 6.07) is 8.06. The molecule has 1 aliphatic heterocycles. The van der Waals surface area contributed by atoms with Crippen molar-refractivity contribution < 1.29 is 4.79 Å². The summed E-state index contributed by atoms with van der Waals surface area (Å²) in [5.74, 6) is 0.574. The Hall–Kier alpha value is -1.35. The smallest absolute Gasteiger partial charge is 0.227 e. The minimum atomic E-state index is 0.0512. The number of fused-ring (bicyclic) bond motifs is 1. The van der Waals surface area contributed by atoms with E-state index >= 15 is 0 Å². The van der Waals surface area contributed by atoms with Gasteiger partial charge in [-0.05, 0) is 29.4 Å². The molecular weight excluding hydrogens is 248 g/mol. The highest BCUT2D eigenvalue weighted by molar-refractivity contribution is 5.94. The molecule has 1 aromatic carbocycles. The van der Waals surface area contributed by atoms with Gasteiger partial charge in [0.15, 0.2) is 0 Å². The first-order valence-electron chi connectivity index (χ1n) is 7.45. The minimum Gasteiger partial charge on any atom is -0.324 e. The van der Waals surface area contributed by atoms with Crippen molar-refractivity contribution >= 4 is 11.6 Å². The summed E-state index contributed by atoms with van der Waals surface area (Å²) in [6.07, 6.45) is 1.43. The fraction of sp³-hybridized carbons (Fsp3) is 0.588. The number of anilines is 1. The van der Waals surface area contributed by atoms with Gasteiger partial charge in [0.2, 0.25) is 5.91 Å². The Kier molecular flexibility index (Phi) is 4.19. The molecule has 0 bridgehead atoms. The molecule has 20 heavy (non-hydrogen) atoms. The molecule has 1 aliphatic rings. The van der Waals surface area contributed by atoms with Crippen molar-refractivity contribution in [2.45, 2.75) is 46.6 Å². The van der Waals surface area contributed by atoms with Gasteiger partial charge in [0.1, 0.15) is 0 Å². The van der Waals surface area contributed by atoms with Gasteiger partial charge in [-0.1, -0.05) is 45.9 Å². The van der Waals surface area contributed by atoms with E-state index in [1.165, 1.54) is 0 Å². The molecule has 0 spiro atoms. The summed E-state index contributed by atoms with van der Waals surface area (Å²) >= 11 is 0. The van der Waals surface area contributed by atoms with Gasteiger partial charge in [0.05, 0.1) is 0 Å². The fourth-order valence-electron chi connectivity index (χ4n) is 2.53. The predicted octanol–water partition coefficient (Wildman–Crippen LogP) is 3.50. The molecule has 2 atom stereocenters. The number of rotatable bonds is 2. The summed E-state index contributed by atoms with van der Waals surface area (Å²) in [7, 11) is 0. The molecule has 3 nitrogen and oxygen atoms in total. The molecule has 1 aromatic rings. The highest BCUT2D eigenvalue weighted by atomic mass is 16.2. The number of carbonyl (C=O) groups is 1. The molecule has 3 heteroatoms. The molecule has 2 unspecified atom stereocenters. The number of hydrogen-bond acceptors (Lipinski definition) is 2. The van der Waals surface area contributed by atoms with Crippen LogP contribution in [0.2, 0.25) is 0 Å². The van der Waals surface area contributed by atoms with E-state index in [0.717, 1.165) is 24.2 Å². The van der Waals surface area contributed by atoms with Crippen molar-refractivity contribution in [2.24, 2.45) is 17.1 Å². The van der Waals surface area contributed by atoms with Crippen LogP contribution in [0, 0.1) is 11.3 Å².